The molecule has 1 N–H and O–H groups in total. The molecule has 1 aromatic heterocycles. The molecule has 1 aromatic carbocycles. The van der Waals surface area contributed by atoms with E-state index in [0.717, 1.165) is 18.7 Å². The highest BCUT2D eigenvalue weighted by Gasteiger charge is 2.17. The zero-order valence-corrected chi connectivity index (χ0v) is 13.1. The predicted molar refractivity (Wildman–Crippen MR) is 81.9 cm³/mol. The van der Waals surface area contributed by atoms with Gasteiger partial charge in [-0.05, 0) is 36.8 Å². The van der Waals surface area contributed by atoms with Gasteiger partial charge >= 0.3 is 0 Å². The van der Waals surface area contributed by atoms with E-state index in [0.29, 0.717) is 12.4 Å². The number of nitrogens with zero attached hydrogens (tertiary/aromatic N) is 2. The van der Waals surface area contributed by atoms with Crippen LogP contribution in [0.1, 0.15) is 18.9 Å². The first-order valence-corrected chi connectivity index (χ1v) is 8.26. The van der Waals surface area contributed by atoms with E-state index >= 15 is 0 Å². The van der Waals surface area contributed by atoms with E-state index in [-0.39, 0.29) is 16.3 Å². The third kappa shape index (κ3) is 4.17. The lowest BCUT2D eigenvalue weighted by atomic mass is 10.2. The standard InChI is InChI=1S/C15H14FN3O3S/c1-2-7-22-14-5-4-13(8-11(14)9-17)23(20,21)19-15-6-3-12(16)10-18-15/h3-6,8,10H,2,7H2,1H3,(H,18,19). The summed E-state index contributed by atoms with van der Waals surface area (Å²) in [6.07, 6.45) is 1.67. The number of pyridine rings is 1. The fraction of sp³-hybridized carbons (Fsp3) is 0.200. The molecule has 0 radical (unpaired) electrons. The summed E-state index contributed by atoms with van der Waals surface area (Å²) in [5.74, 6) is -0.262. The summed E-state index contributed by atoms with van der Waals surface area (Å²) in [4.78, 5) is 3.53. The maximum Gasteiger partial charge on any atom is 0.263 e. The zero-order valence-electron chi connectivity index (χ0n) is 12.3. The predicted octanol–water partition coefficient (Wildman–Crippen LogP) is 2.68. The SMILES string of the molecule is CCCOc1ccc(S(=O)(=O)Nc2ccc(F)cn2)cc1C#N. The molecule has 0 aliphatic heterocycles. The van der Waals surface area contributed by atoms with E-state index in [1.165, 1.54) is 24.3 Å². The quantitative estimate of drug-likeness (QED) is 0.876. The molecule has 1 heterocycles. The monoisotopic (exact) mass is 335 g/mol. The molecule has 0 amide bonds. The van der Waals surface area contributed by atoms with Gasteiger partial charge in [-0.25, -0.2) is 17.8 Å². The van der Waals surface area contributed by atoms with Crippen molar-refractivity contribution in [3.05, 3.63) is 47.9 Å². The summed E-state index contributed by atoms with van der Waals surface area (Å²) in [5, 5.41) is 9.13. The third-order valence-corrected chi connectivity index (χ3v) is 4.16. The third-order valence-electron chi connectivity index (χ3n) is 2.81. The van der Waals surface area contributed by atoms with Crippen molar-refractivity contribution >= 4 is 15.8 Å². The van der Waals surface area contributed by atoms with Gasteiger partial charge in [-0.2, -0.15) is 5.26 Å². The minimum absolute atomic E-state index is 0.0174. The molecule has 0 atom stereocenters. The topological polar surface area (TPSA) is 92.1 Å². The van der Waals surface area contributed by atoms with Crippen LogP contribution in [0.3, 0.4) is 0 Å². The fourth-order valence-electron chi connectivity index (χ4n) is 1.73. The van der Waals surface area contributed by atoms with Crippen molar-refractivity contribution in [2.45, 2.75) is 18.2 Å². The maximum absolute atomic E-state index is 12.8. The molecule has 23 heavy (non-hydrogen) atoms. The molecule has 0 aliphatic carbocycles. The van der Waals surface area contributed by atoms with E-state index in [2.05, 4.69) is 9.71 Å². The van der Waals surface area contributed by atoms with Crippen molar-refractivity contribution in [2.75, 3.05) is 11.3 Å². The van der Waals surface area contributed by atoms with E-state index in [9.17, 15) is 12.8 Å². The van der Waals surface area contributed by atoms with Crippen LogP contribution in [0.25, 0.3) is 0 Å². The van der Waals surface area contributed by atoms with Crippen LogP contribution in [0.15, 0.2) is 41.4 Å². The van der Waals surface area contributed by atoms with E-state index in [1.54, 1.807) is 0 Å². The van der Waals surface area contributed by atoms with Gasteiger partial charge in [0.2, 0.25) is 0 Å². The zero-order chi connectivity index (χ0) is 16.9. The number of halogens is 1. The van der Waals surface area contributed by atoms with Gasteiger partial charge in [-0.15, -0.1) is 0 Å². The second kappa shape index (κ2) is 7.07. The van der Waals surface area contributed by atoms with E-state index in [4.69, 9.17) is 10.00 Å². The molecule has 0 fully saturated rings. The number of hydrogen-bond acceptors (Lipinski definition) is 5. The minimum Gasteiger partial charge on any atom is -0.492 e. The minimum atomic E-state index is -3.94. The van der Waals surface area contributed by atoms with E-state index in [1.807, 2.05) is 13.0 Å². The van der Waals surface area contributed by atoms with Crippen molar-refractivity contribution in [1.82, 2.24) is 4.98 Å². The number of nitrogens with one attached hydrogen (secondary N) is 1. The van der Waals surface area contributed by atoms with E-state index < -0.39 is 15.8 Å². The second-order valence-electron chi connectivity index (χ2n) is 4.59. The Hall–Kier alpha value is -2.66. The van der Waals surface area contributed by atoms with Gasteiger partial charge in [0.1, 0.15) is 23.5 Å². The summed E-state index contributed by atoms with van der Waals surface area (Å²) in [5.41, 5.74) is 0.119. The van der Waals surface area contributed by atoms with Gasteiger partial charge in [0.05, 0.1) is 23.3 Å². The first-order chi connectivity index (χ1) is 11.0. The average molecular weight is 335 g/mol. The number of hydrogen-bond donors (Lipinski definition) is 1. The van der Waals surface area contributed by atoms with Crippen LogP contribution in [0.2, 0.25) is 0 Å². The number of aromatic nitrogens is 1. The van der Waals surface area contributed by atoms with Gasteiger partial charge in [0.15, 0.2) is 0 Å². The Morgan fingerprint density at radius 3 is 2.74 bits per heavy atom. The lowest BCUT2D eigenvalue weighted by Crippen LogP contribution is -2.14. The lowest BCUT2D eigenvalue weighted by Gasteiger charge is -2.10. The number of ether oxygens (including phenoxy) is 1. The number of benzene rings is 1. The van der Waals surface area contributed by atoms with Crippen LogP contribution in [0.4, 0.5) is 10.2 Å². The van der Waals surface area contributed by atoms with Crippen molar-refractivity contribution in [3.63, 3.8) is 0 Å². The van der Waals surface area contributed by atoms with Gasteiger partial charge in [0.25, 0.3) is 10.0 Å². The Balaban J connectivity index is 2.29. The molecule has 120 valence electrons. The number of rotatable bonds is 6. The van der Waals surface area contributed by atoms with Crippen LogP contribution in [0.5, 0.6) is 5.75 Å². The first-order valence-electron chi connectivity index (χ1n) is 6.77. The Bertz CT molecular complexity index is 830. The Morgan fingerprint density at radius 2 is 2.13 bits per heavy atom. The highest BCUT2D eigenvalue weighted by Crippen LogP contribution is 2.23. The number of nitriles is 1. The first kappa shape index (κ1) is 16.7. The molecule has 6 nitrogen and oxygen atoms in total. The molecule has 0 unspecified atom stereocenters. The summed E-state index contributed by atoms with van der Waals surface area (Å²) in [7, 11) is -3.94. The highest BCUT2D eigenvalue weighted by molar-refractivity contribution is 7.92. The second-order valence-corrected chi connectivity index (χ2v) is 6.27. The highest BCUT2D eigenvalue weighted by atomic mass is 32.2. The molecule has 0 aliphatic rings. The normalized spacial score (nSPS) is 10.8. The number of sulfonamides is 1. The van der Waals surface area contributed by atoms with Gasteiger partial charge in [-0.3, -0.25) is 4.72 Å². The maximum atomic E-state index is 12.8. The lowest BCUT2D eigenvalue weighted by molar-refractivity contribution is 0.316. The molecule has 0 bridgehead atoms. The molecular formula is C15H14FN3O3S. The van der Waals surface area contributed by atoms with Crippen LogP contribution in [-0.4, -0.2) is 20.0 Å². The van der Waals surface area contributed by atoms with Crippen molar-refractivity contribution in [3.8, 4) is 11.8 Å². The average Bonchev–Trinajstić information content (AvgIpc) is 2.54. The van der Waals surface area contributed by atoms with Gasteiger partial charge in [0, 0.05) is 0 Å². The van der Waals surface area contributed by atoms with Crippen molar-refractivity contribution in [1.29, 1.82) is 5.26 Å². The van der Waals surface area contributed by atoms with Crippen LogP contribution >= 0.6 is 0 Å². The van der Waals surface area contributed by atoms with Crippen LogP contribution in [0, 0.1) is 17.1 Å². The largest absolute Gasteiger partial charge is 0.492 e. The van der Waals surface area contributed by atoms with Crippen molar-refractivity contribution < 1.29 is 17.5 Å². The molecule has 0 saturated heterocycles. The molecule has 8 heteroatoms. The van der Waals surface area contributed by atoms with Crippen LogP contribution < -0.4 is 9.46 Å². The molecule has 2 aromatic rings. The summed E-state index contributed by atoms with van der Waals surface area (Å²) < 4.78 is 45.0. The summed E-state index contributed by atoms with van der Waals surface area (Å²) >= 11 is 0. The van der Waals surface area contributed by atoms with Crippen molar-refractivity contribution in [2.24, 2.45) is 0 Å². The van der Waals surface area contributed by atoms with Gasteiger partial charge < -0.3 is 4.74 Å². The molecule has 2 rings (SSSR count). The Labute approximate surface area is 133 Å². The number of anilines is 1. The smallest absolute Gasteiger partial charge is 0.263 e. The van der Waals surface area contributed by atoms with Crippen LogP contribution in [-0.2, 0) is 10.0 Å². The van der Waals surface area contributed by atoms with Gasteiger partial charge in [-0.1, -0.05) is 6.92 Å². The molecular weight excluding hydrogens is 321 g/mol. The summed E-state index contributed by atoms with van der Waals surface area (Å²) in [6, 6.07) is 8.18. The Morgan fingerprint density at radius 1 is 1.35 bits per heavy atom. The summed E-state index contributed by atoms with van der Waals surface area (Å²) in [6.45, 7) is 2.35. The molecule has 0 spiro atoms. The Kier molecular flexibility index (Phi) is 5.13. The molecule has 0 saturated carbocycles. The fourth-order valence-corrected chi connectivity index (χ4v) is 2.77.